The van der Waals surface area contributed by atoms with Crippen LogP contribution in [0.3, 0.4) is 0 Å². The number of hydrogen-bond donors (Lipinski definition) is 0. The minimum absolute atomic E-state index is 0.125. The maximum absolute atomic E-state index is 5.77. The molecule has 0 N–H and O–H groups in total. The first-order chi connectivity index (χ1) is 12.2. The number of rotatable bonds is 9. The number of hydrogen-bond acceptors (Lipinski definition) is 4. The van der Waals surface area contributed by atoms with Crippen molar-refractivity contribution in [1.29, 1.82) is 0 Å². The minimum atomic E-state index is -1.54. The first kappa shape index (κ1) is 26.3. The Labute approximate surface area is 192 Å². The lowest BCUT2D eigenvalue weighted by Gasteiger charge is -2.26. The molecule has 2 unspecified atom stereocenters. The standard InChI is InChI=1S/C17H27Cl6NO3/c1-11-5-7-13(24-15(2,3)25-4)12(11)6-8-14(26-9-16(18,19)20)27-10-17(21,22)23/h11-12,14H,5-10H2,1-4H3. The molecule has 4 nitrogen and oxygen atoms in total. The molecule has 1 aliphatic carbocycles. The highest BCUT2D eigenvalue weighted by Gasteiger charge is 2.33. The van der Waals surface area contributed by atoms with Crippen LogP contribution in [0.2, 0.25) is 0 Å². The Bertz CT molecular complexity index is 472. The Kier molecular flexibility index (Phi) is 10.8. The molecule has 0 aromatic rings. The number of alkyl halides is 6. The molecular weight excluding hydrogens is 479 g/mol. The van der Waals surface area contributed by atoms with Crippen LogP contribution in [-0.2, 0) is 14.2 Å². The lowest BCUT2D eigenvalue weighted by atomic mass is 9.91. The van der Waals surface area contributed by atoms with Crippen LogP contribution >= 0.6 is 69.6 Å². The van der Waals surface area contributed by atoms with Crippen molar-refractivity contribution in [3.8, 4) is 0 Å². The average molecular weight is 506 g/mol. The Balaban J connectivity index is 2.75. The summed E-state index contributed by atoms with van der Waals surface area (Å²) in [6.07, 6.45) is 2.74. The molecule has 0 spiro atoms. The fourth-order valence-electron chi connectivity index (χ4n) is 2.98. The zero-order valence-electron chi connectivity index (χ0n) is 15.9. The minimum Gasteiger partial charge on any atom is -0.358 e. The van der Waals surface area contributed by atoms with E-state index < -0.39 is 19.6 Å². The Morgan fingerprint density at radius 1 is 1.04 bits per heavy atom. The van der Waals surface area contributed by atoms with Gasteiger partial charge in [-0.1, -0.05) is 76.5 Å². The summed E-state index contributed by atoms with van der Waals surface area (Å²) in [6, 6.07) is 0. The third kappa shape index (κ3) is 11.3. The zero-order valence-corrected chi connectivity index (χ0v) is 20.5. The molecule has 1 fully saturated rings. The van der Waals surface area contributed by atoms with Crippen molar-refractivity contribution in [3.63, 3.8) is 0 Å². The van der Waals surface area contributed by atoms with Gasteiger partial charge in [0.1, 0.15) is 0 Å². The van der Waals surface area contributed by atoms with Crippen molar-refractivity contribution >= 4 is 75.3 Å². The van der Waals surface area contributed by atoms with Crippen molar-refractivity contribution in [1.82, 2.24) is 0 Å². The van der Waals surface area contributed by atoms with Crippen LogP contribution in [0.4, 0.5) is 0 Å². The summed E-state index contributed by atoms with van der Waals surface area (Å²) >= 11 is 34.6. The highest BCUT2D eigenvalue weighted by Crippen LogP contribution is 2.36. The number of aliphatic imine (C=N–C) groups is 1. The summed E-state index contributed by atoms with van der Waals surface area (Å²) in [6.45, 7) is 5.85. The number of halogens is 6. The van der Waals surface area contributed by atoms with Crippen molar-refractivity contribution in [2.75, 3.05) is 20.3 Å². The Morgan fingerprint density at radius 3 is 2.00 bits per heavy atom. The molecule has 1 saturated carbocycles. The molecule has 1 aliphatic rings. The SMILES string of the molecule is COC(C)(C)N=C1CCC(C)C1CCC(OCC(Cl)(Cl)Cl)OCC(Cl)(Cl)Cl. The first-order valence-corrected chi connectivity index (χ1v) is 11.0. The van der Waals surface area contributed by atoms with E-state index in [-0.39, 0.29) is 13.2 Å². The third-order valence-corrected chi connectivity index (χ3v) is 5.12. The molecule has 0 bridgehead atoms. The van der Waals surface area contributed by atoms with E-state index in [1.165, 1.54) is 0 Å². The van der Waals surface area contributed by atoms with Crippen LogP contribution in [-0.4, -0.2) is 45.6 Å². The predicted molar refractivity (Wildman–Crippen MR) is 116 cm³/mol. The lowest BCUT2D eigenvalue weighted by molar-refractivity contribution is -0.145. The summed E-state index contributed by atoms with van der Waals surface area (Å²) < 4.78 is 13.5. The van der Waals surface area contributed by atoms with Gasteiger partial charge in [0.25, 0.3) is 0 Å². The van der Waals surface area contributed by atoms with Crippen molar-refractivity contribution in [2.45, 2.75) is 66.1 Å². The normalized spacial score (nSPS) is 23.6. The number of ether oxygens (including phenoxy) is 3. The van der Waals surface area contributed by atoms with Crippen LogP contribution in [0.1, 0.15) is 46.5 Å². The predicted octanol–water partition coefficient (Wildman–Crippen LogP) is 6.74. The zero-order chi connectivity index (χ0) is 20.9. The van der Waals surface area contributed by atoms with Crippen LogP contribution in [0.15, 0.2) is 4.99 Å². The molecule has 0 aromatic carbocycles. The quantitative estimate of drug-likeness (QED) is 0.257. The molecule has 0 heterocycles. The van der Waals surface area contributed by atoms with Crippen LogP contribution in [0.5, 0.6) is 0 Å². The fourth-order valence-corrected chi connectivity index (χ4v) is 3.36. The van der Waals surface area contributed by atoms with Crippen molar-refractivity contribution in [2.24, 2.45) is 16.8 Å². The highest BCUT2D eigenvalue weighted by molar-refractivity contribution is 6.68. The van der Waals surface area contributed by atoms with Gasteiger partial charge >= 0.3 is 0 Å². The van der Waals surface area contributed by atoms with Gasteiger partial charge in [-0.3, -0.25) is 4.99 Å². The number of nitrogens with zero attached hydrogens (tertiary/aromatic N) is 1. The van der Waals surface area contributed by atoms with Crippen LogP contribution < -0.4 is 0 Å². The second-order valence-corrected chi connectivity index (χ2v) is 12.3. The Morgan fingerprint density at radius 2 is 1.56 bits per heavy atom. The highest BCUT2D eigenvalue weighted by atomic mass is 35.6. The van der Waals surface area contributed by atoms with Gasteiger partial charge in [0.15, 0.2) is 12.0 Å². The fraction of sp³-hybridized carbons (Fsp3) is 0.941. The molecule has 1 rings (SSSR count). The molecule has 2 atom stereocenters. The topological polar surface area (TPSA) is 40.0 Å². The average Bonchev–Trinajstić information content (AvgIpc) is 2.84. The van der Waals surface area contributed by atoms with E-state index in [4.69, 9.17) is 88.8 Å². The molecular formula is C17H27Cl6NO3. The van der Waals surface area contributed by atoms with E-state index in [0.29, 0.717) is 18.3 Å². The van der Waals surface area contributed by atoms with Gasteiger partial charge in [-0.25, -0.2) is 0 Å². The number of methoxy groups -OCH3 is 1. The van der Waals surface area contributed by atoms with E-state index in [1.54, 1.807) is 7.11 Å². The van der Waals surface area contributed by atoms with Gasteiger partial charge < -0.3 is 14.2 Å². The van der Waals surface area contributed by atoms with Gasteiger partial charge in [0.05, 0.1) is 13.2 Å². The van der Waals surface area contributed by atoms with E-state index in [0.717, 1.165) is 25.0 Å². The van der Waals surface area contributed by atoms with Gasteiger partial charge in [0.2, 0.25) is 7.59 Å². The largest absolute Gasteiger partial charge is 0.358 e. The van der Waals surface area contributed by atoms with Crippen LogP contribution in [0.25, 0.3) is 0 Å². The smallest absolute Gasteiger partial charge is 0.213 e. The van der Waals surface area contributed by atoms with Gasteiger partial charge in [-0.05, 0) is 51.4 Å². The van der Waals surface area contributed by atoms with Crippen LogP contribution in [0, 0.1) is 11.8 Å². The summed E-state index contributed by atoms with van der Waals surface area (Å²) in [5.41, 5.74) is 0.602. The molecule has 0 aliphatic heterocycles. The first-order valence-electron chi connectivity index (χ1n) is 8.73. The monoisotopic (exact) mass is 503 g/mol. The van der Waals surface area contributed by atoms with E-state index in [9.17, 15) is 0 Å². The Hall–Kier alpha value is 1.29. The second-order valence-electron chi connectivity index (χ2n) is 7.24. The lowest BCUT2D eigenvalue weighted by Crippen LogP contribution is -2.29. The van der Waals surface area contributed by atoms with E-state index in [1.807, 2.05) is 13.8 Å². The van der Waals surface area contributed by atoms with E-state index >= 15 is 0 Å². The maximum Gasteiger partial charge on any atom is 0.213 e. The maximum atomic E-state index is 5.77. The molecule has 0 aromatic heterocycles. The van der Waals surface area contributed by atoms with Crippen molar-refractivity contribution in [3.05, 3.63) is 0 Å². The summed E-state index contributed by atoms with van der Waals surface area (Å²) in [5, 5.41) is 0. The molecule has 0 radical (unpaired) electrons. The molecule has 0 saturated heterocycles. The van der Waals surface area contributed by atoms with Gasteiger partial charge in [-0.2, -0.15) is 0 Å². The van der Waals surface area contributed by atoms with E-state index in [2.05, 4.69) is 6.92 Å². The van der Waals surface area contributed by atoms with Crippen molar-refractivity contribution < 1.29 is 14.2 Å². The molecule has 160 valence electrons. The summed E-state index contributed by atoms with van der Waals surface area (Å²) in [7, 11) is 1.66. The molecule has 27 heavy (non-hydrogen) atoms. The summed E-state index contributed by atoms with van der Waals surface area (Å²) in [4.78, 5) is 4.79. The molecule has 10 heteroatoms. The second kappa shape index (κ2) is 11.1. The molecule has 0 amide bonds. The third-order valence-electron chi connectivity index (χ3n) is 4.46. The summed E-state index contributed by atoms with van der Waals surface area (Å²) in [5.74, 6) is 0.799. The van der Waals surface area contributed by atoms with Gasteiger partial charge in [0, 0.05) is 12.8 Å². The van der Waals surface area contributed by atoms with Gasteiger partial charge in [-0.15, -0.1) is 0 Å².